The van der Waals surface area contributed by atoms with E-state index in [1.165, 1.54) is 11.1 Å². The number of hydrogen-bond donors (Lipinski definition) is 0. The van der Waals surface area contributed by atoms with Crippen molar-refractivity contribution in [2.45, 2.75) is 26.8 Å². The van der Waals surface area contributed by atoms with Crippen LogP contribution in [0.1, 0.15) is 36.9 Å². The van der Waals surface area contributed by atoms with Crippen LogP contribution in [0.5, 0.6) is 0 Å². The van der Waals surface area contributed by atoms with Crippen LogP contribution < -0.4 is 0 Å². The predicted molar refractivity (Wildman–Crippen MR) is 95.7 cm³/mol. The molecule has 4 heteroatoms. The van der Waals surface area contributed by atoms with Gasteiger partial charge in [0, 0.05) is 5.56 Å². The van der Waals surface area contributed by atoms with Gasteiger partial charge in [0.15, 0.2) is 0 Å². The molecule has 0 amide bonds. The average molecular weight is 321 g/mol. The first-order valence-corrected chi connectivity index (χ1v) is 8.42. The van der Waals surface area contributed by atoms with Gasteiger partial charge in [0.1, 0.15) is 6.04 Å². The molecule has 0 saturated carbocycles. The van der Waals surface area contributed by atoms with Crippen molar-refractivity contribution in [1.82, 2.24) is 15.1 Å². The standard InChI is InChI=1S/C20H23N3O/c1-4-23(5-2)18(16-9-7-6-8-10-16)20-22-21-19(24-20)17-13-11-15(3)12-14-17/h6-14,18H,4-5H2,1-3H3. The summed E-state index contributed by atoms with van der Waals surface area (Å²) in [6, 6.07) is 18.4. The minimum absolute atomic E-state index is 0.0205. The second-order valence-electron chi connectivity index (χ2n) is 5.85. The van der Waals surface area contributed by atoms with Gasteiger partial charge in [0.05, 0.1) is 0 Å². The molecule has 0 N–H and O–H groups in total. The summed E-state index contributed by atoms with van der Waals surface area (Å²) >= 11 is 0. The van der Waals surface area contributed by atoms with Gasteiger partial charge in [-0.25, -0.2) is 0 Å². The van der Waals surface area contributed by atoms with Gasteiger partial charge in [-0.2, -0.15) is 0 Å². The van der Waals surface area contributed by atoms with E-state index in [9.17, 15) is 0 Å². The van der Waals surface area contributed by atoms with E-state index in [1.807, 2.05) is 30.3 Å². The third-order valence-electron chi connectivity index (χ3n) is 4.27. The van der Waals surface area contributed by atoms with E-state index in [2.05, 4.69) is 60.1 Å². The third kappa shape index (κ3) is 3.39. The molecule has 0 saturated heterocycles. The number of nitrogens with zero attached hydrogens (tertiary/aromatic N) is 3. The van der Waals surface area contributed by atoms with E-state index in [1.54, 1.807) is 0 Å². The van der Waals surface area contributed by atoms with Crippen molar-refractivity contribution in [3.63, 3.8) is 0 Å². The second kappa shape index (κ2) is 7.41. The largest absolute Gasteiger partial charge is 0.419 e. The topological polar surface area (TPSA) is 42.2 Å². The Morgan fingerprint density at radius 3 is 2.21 bits per heavy atom. The maximum absolute atomic E-state index is 6.05. The minimum Gasteiger partial charge on any atom is -0.419 e. The Balaban J connectivity index is 1.98. The Morgan fingerprint density at radius 2 is 1.58 bits per heavy atom. The molecule has 0 aliphatic carbocycles. The summed E-state index contributed by atoms with van der Waals surface area (Å²) in [7, 11) is 0. The predicted octanol–water partition coefficient (Wildman–Crippen LogP) is 4.48. The van der Waals surface area contributed by atoms with Gasteiger partial charge < -0.3 is 4.42 Å². The molecule has 0 aliphatic rings. The van der Waals surface area contributed by atoms with Crippen molar-refractivity contribution in [3.05, 3.63) is 71.6 Å². The van der Waals surface area contributed by atoms with Crippen LogP contribution in [0.3, 0.4) is 0 Å². The van der Waals surface area contributed by atoms with Gasteiger partial charge >= 0.3 is 0 Å². The lowest BCUT2D eigenvalue weighted by Crippen LogP contribution is -2.29. The SMILES string of the molecule is CCN(CC)C(c1ccccc1)c1nnc(-c2ccc(C)cc2)o1. The van der Waals surface area contributed by atoms with Crippen LogP contribution in [-0.4, -0.2) is 28.2 Å². The second-order valence-corrected chi connectivity index (χ2v) is 5.85. The monoisotopic (exact) mass is 321 g/mol. The van der Waals surface area contributed by atoms with E-state index in [0.29, 0.717) is 11.8 Å². The molecule has 0 spiro atoms. The first-order chi connectivity index (χ1) is 11.7. The molecule has 124 valence electrons. The van der Waals surface area contributed by atoms with Crippen molar-refractivity contribution in [2.24, 2.45) is 0 Å². The maximum atomic E-state index is 6.05. The van der Waals surface area contributed by atoms with Crippen LogP contribution >= 0.6 is 0 Å². The summed E-state index contributed by atoms with van der Waals surface area (Å²) in [6.45, 7) is 8.19. The van der Waals surface area contributed by atoms with E-state index in [0.717, 1.165) is 18.7 Å². The fourth-order valence-corrected chi connectivity index (χ4v) is 2.89. The normalized spacial score (nSPS) is 12.5. The zero-order valence-corrected chi connectivity index (χ0v) is 14.4. The first kappa shape index (κ1) is 16.4. The molecule has 0 aliphatic heterocycles. The Labute approximate surface area is 143 Å². The summed E-state index contributed by atoms with van der Waals surface area (Å²) in [5.74, 6) is 1.21. The van der Waals surface area contributed by atoms with Crippen LogP contribution in [0.15, 0.2) is 59.0 Å². The highest BCUT2D eigenvalue weighted by Gasteiger charge is 2.26. The lowest BCUT2D eigenvalue weighted by Gasteiger charge is -2.27. The molecule has 4 nitrogen and oxygen atoms in total. The molecule has 3 rings (SSSR count). The molecule has 2 aromatic carbocycles. The van der Waals surface area contributed by atoms with Crippen LogP contribution in [0, 0.1) is 6.92 Å². The number of aromatic nitrogens is 2. The summed E-state index contributed by atoms with van der Waals surface area (Å²) in [6.07, 6.45) is 0. The van der Waals surface area contributed by atoms with E-state index in [-0.39, 0.29) is 6.04 Å². The Kier molecular flexibility index (Phi) is 5.06. The molecular weight excluding hydrogens is 298 g/mol. The summed E-state index contributed by atoms with van der Waals surface area (Å²) < 4.78 is 6.05. The van der Waals surface area contributed by atoms with Crippen molar-refractivity contribution < 1.29 is 4.42 Å². The average Bonchev–Trinajstić information content (AvgIpc) is 3.10. The van der Waals surface area contributed by atoms with Gasteiger partial charge in [-0.15, -0.1) is 10.2 Å². The highest BCUT2D eigenvalue weighted by molar-refractivity contribution is 5.53. The lowest BCUT2D eigenvalue weighted by molar-refractivity contribution is 0.219. The number of aryl methyl sites for hydroxylation is 1. The van der Waals surface area contributed by atoms with E-state index < -0.39 is 0 Å². The third-order valence-corrected chi connectivity index (χ3v) is 4.27. The number of hydrogen-bond acceptors (Lipinski definition) is 4. The molecule has 0 radical (unpaired) electrons. The number of benzene rings is 2. The van der Waals surface area contributed by atoms with Gasteiger partial charge in [-0.05, 0) is 37.7 Å². The molecule has 24 heavy (non-hydrogen) atoms. The maximum Gasteiger partial charge on any atom is 0.247 e. The van der Waals surface area contributed by atoms with Crippen LogP contribution in [0.25, 0.3) is 11.5 Å². The fraction of sp³-hybridized carbons (Fsp3) is 0.300. The molecule has 3 aromatic rings. The molecule has 0 bridgehead atoms. The summed E-state index contributed by atoms with van der Waals surface area (Å²) in [5, 5.41) is 8.62. The van der Waals surface area contributed by atoms with Gasteiger partial charge in [0.2, 0.25) is 11.8 Å². The fourth-order valence-electron chi connectivity index (χ4n) is 2.89. The van der Waals surface area contributed by atoms with Crippen LogP contribution in [-0.2, 0) is 0 Å². The minimum atomic E-state index is -0.0205. The van der Waals surface area contributed by atoms with Crippen molar-refractivity contribution in [2.75, 3.05) is 13.1 Å². The van der Waals surface area contributed by atoms with Crippen molar-refractivity contribution in [3.8, 4) is 11.5 Å². The smallest absolute Gasteiger partial charge is 0.247 e. The molecule has 1 heterocycles. The first-order valence-electron chi connectivity index (χ1n) is 8.42. The molecule has 1 unspecified atom stereocenters. The zero-order valence-electron chi connectivity index (χ0n) is 14.4. The zero-order chi connectivity index (χ0) is 16.9. The van der Waals surface area contributed by atoms with Gasteiger partial charge in [-0.3, -0.25) is 4.90 Å². The number of rotatable bonds is 6. The Bertz CT molecular complexity index is 761. The summed E-state index contributed by atoms with van der Waals surface area (Å²) in [5.41, 5.74) is 3.33. The highest BCUT2D eigenvalue weighted by Crippen LogP contribution is 2.29. The van der Waals surface area contributed by atoms with E-state index >= 15 is 0 Å². The Morgan fingerprint density at radius 1 is 0.917 bits per heavy atom. The van der Waals surface area contributed by atoms with Gasteiger partial charge in [0.25, 0.3) is 0 Å². The highest BCUT2D eigenvalue weighted by atomic mass is 16.4. The molecule has 1 aromatic heterocycles. The molecular formula is C20H23N3O. The van der Waals surface area contributed by atoms with Gasteiger partial charge in [-0.1, -0.05) is 61.9 Å². The lowest BCUT2D eigenvalue weighted by atomic mass is 10.1. The summed E-state index contributed by atoms with van der Waals surface area (Å²) in [4.78, 5) is 2.32. The van der Waals surface area contributed by atoms with Crippen LogP contribution in [0.4, 0.5) is 0 Å². The quantitative estimate of drug-likeness (QED) is 0.671. The van der Waals surface area contributed by atoms with Crippen molar-refractivity contribution >= 4 is 0 Å². The molecule has 0 fully saturated rings. The van der Waals surface area contributed by atoms with E-state index in [4.69, 9.17) is 4.42 Å². The van der Waals surface area contributed by atoms with Crippen LogP contribution in [0.2, 0.25) is 0 Å². The Hall–Kier alpha value is -2.46. The van der Waals surface area contributed by atoms with Crippen molar-refractivity contribution in [1.29, 1.82) is 0 Å². The molecule has 1 atom stereocenters.